The van der Waals surface area contributed by atoms with Crippen LogP contribution < -0.4 is 0 Å². The van der Waals surface area contributed by atoms with Gasteiger partial charge < -0.3 is 5.11 Å². The Morgan fingerprint density at radius 2 is 2.00 bits per heavy atom. The first-order valence-corrected chi connectivity index (χ1v) is 7.73. The van der Waals surface area contributed by atoms with Gasteiger partial charge in [0, 0.05) is 16.7 Å². The number of thioether (sulfide) groups is 1. The van der Waals surface area contributed by atoms with E-state index in [1.54, 1.807) is 11.8 Å². The molecule has 1 N–H and O–H groups in total. The minimum Gasteiger partial charge on any atom is -0.365 e. The Kier molecular flexibility index (Phi) is 3.90. The van der Waals surface area contributed by atoms with Gasteiger partial charge in [0.1, 0.15) is 5.04 Å². The average Bonchev–Trinajstić information content (AvgIpc) is 2.98. The summed E-state index contributed by atoms with van der Waals surface area (Å²) < 4.78 is 0. The number of benzene rings is 2. The fourth-order valence-electron chi connectivity index (χ4n) is 3.01. The van der Waals surface area contributed by atoms with E-state index in [0.29, 0.717) is 0 Å². The average molecular weight is 372 g/mol. The second-order valence-corrected chi connectivity index (χ2v) is 6.53. The summed E-state index contributed by atoms with van der Waals surface area (Å²) in [4.78, 5) is 4.63. The van der Waals surface area contributed by atoms with Gasteiger partial charge in [-0.3, -0.25) is 0 Å². The van der Waals surface area contributed by atoms with Crippen molar-refractivity contribution in [2.45, 2.75) is 17.4 Å². The van der Waals surface area contributed by atoms with Crippen molar-refractivity contribution in [2.24, 2.45) is 4.99 Å². The number of nitrogens with zero attached hydrogens (tertiary/aromatic N) is 1. The van der Waals surface area contributed by atoms with Crippen molar-refractivity contribution in [3.63, 3.8) is 0 Å². The van der Waals surface area contributed by atoms with Gasteiger partial charge in [0.15, 0.2) is 5.72 Å². The lowest BCUT2D eigenvalue weighted by Gasteiger charge is -2.19. The quantitative estimate of drug-likeness (QED) is 0.778. The third-order valence-corrected chi connectivity index (χ3v) is 5.40. The smallest absolute Gasteiger partial charge is 0.196 e. The summed E-state index contributed by atoms with van der Waals surface area (Å²) in [6.45, 7) is 0. The van der Waals surface area contributed by atoms with Gasteiger partial charge in [-0.1, -0.05) is 54.1 Å². The molecule has 0 fully saturated rings. The molecule has 0 spiro atoms. The fraction of sp³-hybridized carbons (Fsp3) is 0.167. The topological polar surface area (TPSA) is 32.6 Å². The van der Waals surface area contributed by atoms with Crippen LogP contribution in [-0.2, 0) is 12.1 Å². The van der Waals surface area contributed by atoms with Crippen LogP contribution in [0.15, 0.2) is 53.5 Å². The lowest BCUT2D eigenvalue weighted by molar-refractivity contribution is 0.0580. The van der Waals surface area contributed by atoms with E-state index in [4.69, 9.17) is 6.42 Å². The van der Waals surface area contributed by atoms with E-state index < -0.39 is 5.72 Å². The Morgan fingerprint density at radius 1 is 1.23 bits per heavy atom. The third-order valence-electron chi connectivity index (χ3n) is 4.07. The lowest BCUT2D eigenvalue weighted by atomic mass is 10.0. The number of aliphatic imine (C=N–C) groups is 1. The summed E-state index contributed by atoms with van der Waals surface area (Å²) in [6, 6.07) is 15.8. The molecule has 22 heavy (non-hydrogen) atoms. The number of halogens is 1. The Balaban J connectivity index is 0.00000144. The zero-order valence-corrected chi connectivity index (χ0v) is 14.2. The maximum Gasteiger partial charge on any atom is 0.196 e. The highest BCUT2D eigenvalue weighted by Crippen LogP contribution is 2.50. The number of aliphatic hydroxyl groups is 1. The van der Waals surface area contributed by atoms with Crippen LogP contribution in [0.3, 0.4) is 0 Å². The molecular formula is C18H14BrNOS. The minimum absolute atomic E-state index is 0. The highest BCUT2D eigenvalue weighted by molar-refractivity contribution is 8.93. The van der Waals surface area contributed by atoms with Crippen LogP contribution in [0.5, 0.6) is 0 Å². The van der Waals surface area contributed by atoms with E-state index in [1.165, 1.54) is 0 Å². The first kappa shape index (κ1) is 15.4. The molecule has 0 saturated heterocycles. The summed E-state index contributed by atoms with van der Waals surface area (Å²) in [6.07, 6.45) is 6.24. The van der Waals surface area contributed by atoms with Gasteiger partial charge in [-0.05, 0) is 24.1 Å². The summed E-state index contributed by atoms with van der Waals surface area (Å²) in [5.41, 5.74) is 2.81. The van der Waals surface area contributed by atoms with Crippen LogP contribution in [0.25, 0.3) is 0 Å². The molecule has 2 nitrogen and oxygen atoms in total. The molecule has 4 rings (SSSR count). The zero-order chi connectivity index (χ0) is 14.4. The first-order chi connectivity index (χ1) is 10.2. The molecule has 4 heteroatoms. The third kappa shape index (κ3) is 2.21. The van der Waals surface area contributed by atoms with E-state index in [2.05, 4.69) is 10.9 Å². The normalized spacial score (nSPS) is 24.7. The number of terminal acetylenes is 1. The van der Waals surface area contributed by atoms with Crippen LogP contribution >= 0.6 is 28.7 Å². The minimum atomic E-state index is -1.11. The molecule has 2 aromatic carbocycles. The van der Waals surface area contributed by atoms with Crippen molar-refractivity contribution >= 4 is 33.8 Å². The van der Waals surface area contributed by atoms with E-state index in [-0.39, 0.29) is 22.2 Å². The second kappa shape index (κ2) is 5.58. The van der Waals surface area contributed by atoms with Gasteiger partial charge in [0.2, 0.25) is 0 Å². The SMILES string of the molecule is Br.C#Cc1ccc2c(c1)CC1SC(c3ccccc3)=NC21O. The van der Waals surface area contributed by atoms with Crippen molar-refractivity contribution in [3.05, 3.63) is 70.8 Å². The first-order valence-electron chi connectivity index (χ1n) is 6.85. The molecular weight excluding hydrogens is 358 g/mol. The van der Waals surface area contributed by atoms with Crippen LogP contribution in [0.4, 0.5) is 0 Å². The molecule has 2 aliphatic rings. The van der Waals surface area contributed by atoms with Gasteiger partial charge >= 0.3 is 0 Å². The largest absolute Gasteiger partial charge is 0.365 e. The fourth-order valence-corrected chi connectivity index (χ4v) is 4.35. The predicted octanol–water partition coefficient (Wildman–Crippen LogP) is 3.51. The van der Waals surface area contributed by atoms with E-state index in [9.17, 15) is 5.11 Å². The molecule has 2 unspecified atom stereocenters. The molecule has 1 aliphatic heterocycles. The molecule has 2 atom stereocenters. The maximum absolute atomic E-state index is 11.0. The summed E-state index contributed by atoms with van der Waals surface area (Å²) >= 11 is 1.65. The van der Waals surface area contributed by atoms with E-state index in [0.717, 1.165) is 33.7 Å². The Hall–Kier alpha value is -1.54. The van der Waals surface area contributed by atoms with E-state index >= 15 is 0 Å². The van der Waals surface area contributed by atoms with Crippen LogP contribution in [0.1, 0.15) is 22.3 Å². The van der Waals surface area contributed by atoms with Gasteiger partial charge in [0.05, 0.1) is 5.25 Å². The van der Waals surface area contributed by atoms with Crippen molar-refractivity contribution in [1.82, 2.24) is 0 Å². The van der Waals surface area contributed by atoms with Crippen LogP contribution in [-0.4, -0.2) is 15.4 Å². The molecule has 1 heterocycles. The number of hydrogen-bond acceptors (Lipinski definition) is 3. The van der Waals surface area contributed by atoms with Gasteiger partial charge in [-0.25, -0.2) is 4.99 Å². The van der Waals surface area contributed by atoms with Crippen molar-refractivity contribution in [3.8, 4) is 12.3 Å². The van der Waals surface area contributed by atoms with Crippen molar-refractivity contribution in [1.29, 1.82) is 0 Å². The van der Waals surface area contributed by atoms with E-state index in [1.807, 2.05) is 48.5 Å². The summed E-state index contributed by atoms with van der Waals surface area (Å²) in [5.74, 6) is 2.65. The lowest BCUT2D eigenvalue weighted by Crippen LogP contribution is -2.27. The van der Waals surface area contributed by atoms with Gasteiger partial charge in [-0.15, -0.1) is 23.4 Å². The summed E-state index contributed by atoms with van der Waals surface area (Å²) in [5, 5.41) is 12.0. The van der Waals surface area contributed by atoms with Crippen LogP contribution in [0.2, 0.25) is 0 Å². The number of fused-ring (bicyclic) bond motifs is 3. The Morgan fingerprint density at radius 3 is 2.73 bits per heavy atom. The molecule has 2 aromatic rings. The molecule has 110 valence electrons. The molecule has 0 aromatic heterocycles. The van der Waals surface area contributed by atoms with Gasteiger partial charge in [0.25, 0.3) is 0 Å². The second-order valence-electron chi connectivity index (χ2n) is 5.34. The molecule has 1 aliphatic carbocycles. The molecule has 0 radical (unpaired) electrons. The standard InChI is InChI=1S/C18H13NOS.BrH/c1-2-12-8-9-15-14(10-12)11-16-18(15,20)19-17(21-16)13-6-4-3-5-7-13;/h1,3-10,16,20H,11H2;1H. The molecule has 0 bridgehead atoms. The highest BCUT2D eigenvalue weighted by atomic mass is 79.9. The van der Waals surface area contributed by atoms with Crippen LogP contribution in [0, 0.1) is 12.3 Å². The zero-order valence-electron chi connectivity index (χ0n) is 11.7. The Bertz CT molecular complexity index is 796. The molecule has 0 saturated carbocycles. The molecule has 0 amide bonds. The van der Waals surface area contributed by atoms with Crippen molar-refractivity contribution < 1.29 is 5.11 Å². The maximum atomic E-state index is 11.0. The number of hydrogen-bond donors (Lipinski definition) is 1. The highest BCUT2D eigenvalue weighted by Gasteiger charge is 2.50. The van der Waals surface area contributed by atoms with Gasteiger partial charge in [-0.2, -0.15) is 0 Å². The van der Waals surface area contributed by atoms with Crippen molar-refractivity contribution in [2.75, 3.05) is 0 Å². The number of rotatable bonds is 1. The Labute approximate surface area is 144 Å². The predicted molar refractivity (Wildman–Crippen MR) is 96.7 cm³/mol. The monoisotopic (exact) mass is 371 g/mol. The summed E-state index contributed by atoms with van der Waals surface area (Å²) in [7, 11) is 0.